The largest absolute Gasteiger partial charge is 0.292 e. The molecule has 0 saturated carbocycles. The number of nitrogens with one attached hydrogen (secondary N) is 1. The highest BCUT2D eigenvalue weighted by Gasteiger charge is 2.16. The summed E-state index contributed by atoms with van der Waals surface area (Å²) in [6.45, 7) is 1.58. The first-order valence-electron chi connectivity index (χ1n) is 5.21. The molecule has 18 heavy (non-hydrogen) atoms. The van der Waals surface area contributed by atoms with Crippen LogP contribution in [-0.4, -0.2) is 15.5 Å². The highest BCUT2D eigenvalue weighted by Crippen LogP contribution is 2.15. The van der Waals surface area contributed by atoms with Gasteiger partial charge in [-0.15, -0.1) is 0 Å². The maximum absolute atomic E-state index is 12.2. The smallest absolute Gasteiger partial charge is 0.261 e. The summed E-state index contributed by atoms with van der Waals surface area (Å²) in [4.78, 5) is 27.8. The highest BCUT2D eigenvalue weighted by molar-refractivity contribution is 9.10. The lowest BCUT2D eigenvalue weighted by atomic mass is 10.2. The third-order valence-electron chi connectivity index (χ3n) is 2.68. The zero-order chi connectivity index (χ0) is 13.3. The summed E-state index contributed by atoms with van der Waals surface area (Å²) in [6, 6.07) is 4.50. The fourth-order valence-electron chi connectivity index (χ4n) is 1.63. The van der Waals surface area contributed by atoms with Crippen molar-refractivity contribution in [2.75, 3.05) is 0 Å². The molecule has 0 spiro atoms. The number of carbonyl (C=O) groups is 1. The molecule has 1 heterocycles. The van der Waals surface area contributed by atoms with Gasteiger partial charge < -0.3 is 0 Å². The van der Waals surface area contributed by atoms with Gasteiger partial charge in [-0.25, -0.2) is 10.8 Å². The van der Waals surface area contributed by atoms with E-state index in [-0.39, 0.29) is 5.56 Å². The average molecular weight is 311 g/mol. The van der Waals surface area contributed by atoms with Crippen LogP contribution in [0, 0.1) is 0 Å². The molecule has 1 aromatic carbocycles. The lowest BCUT2D eigenvalue weighted by molar-refractivity contribution is -0.124. The third kappa shape index (κ3) is 2.14. The van der Waals surface area contributed by atoms with Crippen LogP contribution in [0.2, 0.25) is 0 Å². The fourth-order valence-corrected chi connectivity index (χ4v) is 1.99. The van der Waals surface area contributed by atoms with Crippen molar-refractivity contribution in [1.29, 1.82) is 0 Å². The van der Waals surface area contributed by atoms with Crippen LogP contribution in [0.15, 0.2) is 33.8 Å². The molecule has 94 valence electrons. The first-order chi connectivity index (χ1) is 8.54. The topological polar surface area (TPSA) is 90.0 Å². The van der Waals surface area contributed by atoms with Gasteiger partial charge in [-0.1, -0.05) is 15.9 Å². The first-order valence-corrected chi connectivity index (χ1v) is 6.00. The van der Waals surface area contributed by atoms with E-state index < -0.39 is 11.9 Å². The second kappa shape index (κ2) is 4.87. The molecule has 0 saturated heterocycles. The Morgan fingerprint density at radius 3 is 2.94 bits per heavy atom. The molecular formula is C11H11BrN4O2. The number of hydrogen-bond acceptors (Lipinski definition) is 4. The lowest BCUT2D eigenvalue weighted by Gasteiger charge is -2.13. The maximum atomic E-state index is 12.2. The molecule has 0 fully saturated rings. The van der Waals surface area contributed by atoms with E-state index in [1.165, 1.54) is 10.9 Å². The summed E-state index contributed by atoms with van der Waals surface area (Å²) in [5.41, 5.74) is 2.32. The van der Waals surface area contributed by atoms with Gasteiger partial charge in [0.05, 0.1) is 17.2 Å². The van der Waals surface area contributed by atoms with Gasteiger partial charge >= 0.3 is 0 Å². The van der Waals surface area contributed by atoms with Crippen molar-refractivity contribution < 1.29 is 4.79 Å². The normalized spacial score (nSPS) is 12.4. The maximum Gasteiger partial charge on any atom is 0.261 e. The molecule has 3 N–H and O–H groups in total. The predicted octanol–water partition coefficient (Wildman–Crippen LogP) is 0.710. The van der Waals surface area contributed by atoms with Gasteiger partial charge in [0.2, 0.25) is 0 Å². The van der Waals surface area contributed by atoms with E-state index in [1.54, 1.807) is 25.1 Å². The molecule has 0 aliphatic rings. The van der Waals surface area contributed by atoms with Crippen LogP contribution < -0.4 is 16.8 Å². The Morgan fingerprint density at radius 2 is 2.28 bits per heavy atom. The molecular weight excluding hydrogens is 300 g/mol. The second-order valence-electron chi connectivity index (χ2n) is 3.80. The second-order valence-corrected chi connectivity index (χ2v) is 4.72. The summed E-state index contributed by atoms with van der Waals surface area (Å²) in [7, 11) is 0. The molecule has 7 heteroatoms. The molecule has 1 unspecified atom stereocenters. The zero-order valence-electron chi connectivity index (χ0n) is 9.55. The Balaban J connectivity index is 2.64. The number of carbonyl (C=O) groups excluding carboxylic acids is 1. The molecule has 1 atom stereocenters. The van der Waals surface area contributed by atoms with E-state index in [2.05, 4.69) is 20.9 Å². The number of benzene rings is 1. The summed E-state index contributed by atoms with van der Waals surface area (Å²) >= 11 is 3.30. The van der Waals surface area contributed by atoms with Crippen molar-refractivity contribution in [3.63, 3.8) is 0 Å². The molecule has 1 amide bonds. The summed E-state index contributed by atoms with van der Waals surface area (Å²) < 4.78 is 2.03. The van der Waals surface area contributed by atoms with Crippen molar-refractivity contribution in [2.45, 2.75) is 13.0 Å². The number of halogens is 1. The van der Waals surface area contributed by atoms with Gasteiger partial charge in [-0.2, -0.15) is 0 Å². The molecule has 1 aromatic heterocycles. The third-order valence-corrected chi connectivity index (χ3v) is 3.18. The van der Waals surface area contributed by atoms with E-state index in [4.69, 9.17) is 5.84 Å². The van der Waals surface area contributed by atoms with Crippen LogP contribution in [-0.2, 0) is 4.79 Å². The van der Waals surface area contributed by atoms with Crippen LogP contribution in [0.1, 0.15) is 13.0 Å². The first kappa shape index (κ1) is 12.7. The summed E-state index contributed by atoms with van der Waals surface area (Å²) in [5, 5.41) is 0.448. The van der Waals surface area contributed by atoms with Gasteiger partial charge in [0.25, 0.3) is 11.5 Å². The van der Waals surface area contributed by atoms with Crippen molar-refractivity contribution >= 4 is 32.7 Å². The minimum Gasteiger partial charge on any atom is -0.292 e. The monoisotopic (exact) mass is 310 g/mol. The van der Waals surface area contributed by atoms with Crippen LogP contribution in [0.3, 0.4) is 0 Å². The molecule has 0 aliphatic carbocycles. The van der Waals surface area contributed by atoms with E-state index in [0.717, 1.165) is 4.47 Å². The molecule has 0 radical (unpaired) electrons. The van der Waals surface area contributed by atoms with Gasteiger partial charge in [-0.05, 0) is 25.1 Å². The van der Waals surface area contributed by atoms with Gasteiger partial charge in [0.15, 0.2) is 0 Å². The number of fused-ring (bicyclic) bond motifs is 1. The molecule has 2 aromatic rings. The predicted molar refractivity (Wildman–Crippen MR) is 70.7 cm³/mol. The molecule has 2 rings (SSSR count). The van der Waals surface area contributed by atoms with E-state index in [9.17, 15) is 9.59 Å². The van der Waals surface area contributed by atoms with Crippen LogP contribution in [0.4, 0.5) is 0 Å². The van der Waals surface area contributed by atoms with Crippen molar-refractivity contribution in [2.24, 2.45) is 5.84 Å². The lowest BCUT2D eigenvalue weighted by Crippen LogP contribution is -2.39. The average Bonchev–Trinajstić information content (AvgIpc) is 2.38. The van der Waals surface area contributed by atoms with Crippen LogP contribution in [0.5, 0.6) is 0 Å². The minimum atomic E-state index is -0.710. The Hall–Kier alpha value is -1.73. The molecule has 0 aliphatic heterocycles. The van der Waals surface area contributed by atoms with E-state index in [1.807, 2.05) is 5.43 Å². The number of aromatic nitrogens is 2. The number of nitrogens with two attached hydrogens (primary N) is 1. The van der Waals surface area contributed by atoms with Crippen LogP contribution in [0.25, 0.3) is 10.9 Å². The highest BCUT2D eigenvalue weighted by atomic mass is 79.9. The Kier molecular flexibility index (Phi) is 3.44. The number of nitrogens with zero attached hydrogens (tertiary/aromatic N) is 2. The summed E-state index contributed by atoms with van der Waals surface area (Å²) in [5.74, 6) is 4.60. The molecule has 0 bridgehead atoms. The van der Waals surface area contributed by atoms with Crippen molar-refractivity contribution in [3.05, 3.63) is 39.4 Å². The number of hydrogen-bond donors (Lipinski definition) is 2. The summed E-state index contributed by atoms with van der Waals surface area (Å²) in [6.07, 6.45) is 1.35. The molecule has 6 nitrogen and oxygen atoms in total. The van der Waals surface area contributed by atoms with Gasteiger partial charge in [-0.3, -0.25) is 19.6 Å². The van der Waals surface area contributed by atoms with E-state index >= 15 is 0 Å². The van der Waals surface area contributed by atoms with Crippen LogP contribution >= 0.6 is 15.9 Å². The Bertz CT molecular complexity index is 668. The minimum absolute atomic E-state index is 0.280. The van der Waals surface area contributed by atoms with E-state index in [0.29, 0.717) is 10.9 Å². The van der Waals surface area contributed by atoms with Gasteiger partial charge in [0.1, 0.15) is 6.04 Å². The van der Waals surface area contributed by atoms with Crippen molar-refractivity contribution in [1.82, 2.24) is 15.0 Å². The quantitative estimate of drug-likeness (QED) is 0.485. The Labute approximate surface area is 111 Å². The van der Waals surface area contributed by atoms with Gasteiger partial charge in [0, 0.05) is 4.47 Å². The Morgan fingerprint density at radius 1 is 1.56 bits per heavy atom. The zero-order valence-corrected chi connectivity index (χ0v) is 11.1. The fraction of sp³-hybridized carbons (Fsp3) is 0.182. The number of rotatable bonds is 2. The SMILES string of the molecule is CC(C(=O)NN)n1cnc2ccc(Br)cc2c1=O. The number of hydrazine groups is 1. The van der Waals surface area contributed by atoms with Crippen molar-refractivity contribution in [3.8, 4) is 0 Å². The standard InChI is InChI=1S/C11H11BrN4O2/c1-6(10(17)15-13)16-5-14-9-3-2-7(12)4-8(9)11(16)18/h2-6H,13H2,1H3,(H,15,17). The number of amides is 1.